The molecule has 2 aromatic carbocycles. The van der Waals surface area contributed by atoms with Crippen LogP contribution in [0.3, 0.4) is 0 Å². The van der Waals surface area contributed by atoms with Crippen molar-refractivity contribution in [3.8, 4) is 16.9 Å². The van der Waals surface area contributed by atoms with Crippen molar-refractivity contribution in [1.82, 2.24) is 0 Å². The van der Waals surface area contributed by atoms with Gasteiger partial charge in [-0.05, 0) is 23.3 Å². The number of aliphatic hydroxyl groups is 1. The van der Waals surface area contributed by atoms with Crippen LogP contribution in [0.4, 0.5) is 9.39 Å². The van der Waals surface area contributed by atoms with E-state index in [4.69, 9.17) is 4.74 Å². The lowest BCUT2D eigenvalue weighted by Crippen LogP contribution is -2.12. The minimum absolute atomic E-state index is 0.204. The lowest BCUT2D eigenvalue weighted by molar-refractivity contribution is 0.386. The van der Waals surface area contributed by atoms with Gasteiger partial charge in [0.15, 0.2) is 11.6 Å². The summed E-state index contributed by atoms with van der Waals surface area (Å²) in [5.74, 6) is 0.0265. The van der Waals surface area contributed by atoms with E-state index in [0.717, 1.165) is 27.3 Å². The van der Waals surface area contributed by atoms with E-state index in [9.17, 15) is 9.50 Å². The number of ether oxygens (including phenoxy) is 1. The SMILES string of the molecule is COc1ccc(-c2csc3c2C(O)=C(c2ccccc2)CN3)cc1F. The Labute approximate surface area is 149 Å². The molecule has 0 saturated carbocycles. The van der Waals surface area contributed by atoms with Crippen molar-refractivity contribution in [2.45, 2.75) is 0 Å². The molecule has 4 rings (SSSR count). The zero-order valence-corrected chi connectivity index (χ0v) is 14.4. The molecule has 0 spiro atoms. The van der Waals surface area contributed by atoms with Crippen molar-refractivity contribution in [2.24, 2.45) is 0 Å². The van der Waals surface area contributed by atoms with Gasteiger partial charge in [0.2, 0.25) is 0 Å². The lowest BCUT2D eigenvalue weighted by Gasteiger charge is -2.20. The van der Waals surface area contributed by atoms with E-state index >= 15 is 0 Å². The number of rotatable bonds is 3. The molecule has 1 aliphatic heterocycles. The standard InChI is InChI=1S/C20H16FNO2S/c1-24-17-8-7-13(9-16(17)21)15-11-25-20-18(15)19(23)14(10-22-20)12-5-3-2-4-6-12/h2-9,11,22-23H,10H2,1H3. The van der Waals surface area contributed by atoms with Gasteiger partial charge in [-0.2, -0.15) is 0 Å². The quantitative estimate of drug-likeness (QED) is 0.661. The summed E-state index contributed by atoms with van der Waals surface area (Å²) in [7, 11) is 1.44. The summed E-state index contributed by atoms with van der Waals surface area (Å²) < 4.78 is 19.1. The summed E-state index contributed by atoms with van der Waals surface area (Å²) in [4.78, 5) is 0. The molecule has 3 aromatic rings. The van der Waals surface area contributed by atoms with Crippen LogP contribution in [-0.2, 0) is 0 Å². The molecule has 0 unspecified atom stereocenters. The minimum atomic E-state index is -0.421. The zero-order chi connectivity index (χ0) is 17.4. The topological polar surface area (TPSA) is 41.5 Å². The van der Waals surface area contributed by atoms with Crippen molar-refractivity contribution in [2.75, 3.05) is 19.0 Å². The number of thiophene rings is 1. The van der Waals surface area contributed by atoms with Crippen molar-refractivity contribution in [1.29, 1.82) is 0 Å². The Morgan fingerprint density at radius 1 is 1.12 bits per heavy atom. The van der Waals surface area contributed by atoms with E-state index < -0.39 is 5.82 Å². The fourth-order valence-electron chi connectivity index (χ4n) is 3.05. The molecule has 5 heteroatoms. The first-order valence-corrected chi connectivity index (χ1v) is 8.74. The molecule has 1 aliphatic rings. The van der Waals surface area contributed by atoms with Crippen LogP contribution in [0.1, 0.15) is 11.1 Å². The van der Waals surface area contributed by atoms with Gasteiger partial charge >= 0.3 is 0 Å². The number of methoxy groups -OCH3 is 1. The van der Waals surface area contributed by atoms with Gasteiger partial charge in [-0.3, -0.25) is 0 Å². The van der Waals surface area contributed by atoms with Crippen LogP contribution in [0, 0.1) is 5.82 Å². The average molecular weight is 353 g/mol. The Balaban J connectivity index is 1.85. The fourth-order valence-corrected chi connectivity index (χ4v) is 4.02. The molecule has 2 heterocycles. The summed E-state index contributed by atoms with van der Waals surface area (Å²) in [6.07, 6.45) is 0. The number of aliphatic hydroxyl groups excluding tert-OH is 1. The van der Waals surface area contributed by atoms with Gasteiger partial charge < -0.3 is 15.2 Å². The second kappa shape index (κ2) is 6.26. The molecule has 0 radical (unpaired) electrons. The predicted molar refractivity (Wildman–Crippen MR) is 101 cm³/mol. The summed E-state index contributed by atoms with van der Waals surface area (Å²) in [6.45, 7) is 0.555. The molecule has 2 N–H and O–H groups in total. The lowest BCUT2D eigenvalue weighted by atomic mass is 9.95. The second-order valence-corrected chi connectivity index (χ2v) is 6.63. The van der Waals surface area contributed by atoms with Gasteiger partial charge in [0.1, 0.15) is 10.8 Å². The van der Waals surface area contributed by atoms with E-state index in [1.807, 2.05) is 35.7 Å². The van der Waals surface area contributed by atoms with Crippen LogP contribution in [0.15, 0.2) is 53.9 Å². The molecule has 0 fully saturated rings. The highest BCUT2D eigenvalue weighted by Crippen LogP contribution is 2.44. The maximum absolute atomic E-state index is 14.1. The van der Waals surface area contributed by atoms with Crippen LogP contribution in [0.5, 0.6) is 5.75 Å². The van der Waals surface area contributed by atoms with Crippen molar-refractivity contribution < 1.29 is 14.2 Å². The largest absolute Gasteiger partial charge is 0.507 e. The Kier molecular flexibility index (Phi) is 3.93. The van der Waals surface area contributed by atoms with Gasteiger partial charge in [0, 0.05) is 23.1 Å². The summed E-state index contributed by atoms with van der Waals surface area (Å²) in [6, 6.07) is 14.6. The first-order chi connectivity index (χ1) is 12.2. The number of nitrogens with one attached hydrogen (secondary N) is 1. The highest BCUT2D eigenvalue weighted by atomic mass is 32.1. The van der Waals surface area contributed by atoms with E-state index in [-0.39, 0.29) is 11.5 Å². The normalized spacial score (nSPS) is 13.4. The van der Waals surface area contributed by atoms with Crippen LogP contribution in [-0.4, -0.2) is 18.8 Å². The number of hydrogen-bond acceptors (Lipinski definition) is 4. The number of halogens is 1. The Hall–Kier alpha value is -2.79. The van der Waals surface area contributed by atoms with Gasteiger partial charge in [-0.1, -0.05) is 36.4 Å². The van der Waals surface area contributed by atoms with E-state index in [0.29, 0.717) is 12.1 Å². The molecule has 0 aliphatic carbocycles. The van der Waals surface area contributed by atoms with Crippen molar-refractivity contribution in [3.63, 3.8) is 0 Å². The van der Waals surface area contributed by atoms with Crippen molar-refractivity contribution >= 4 is 27.7 Å². The molecular formula is C20H16FNO2S. The third-order valence-electron chi connectivity index (χ3n) is 4.32. The molecule has 126 valence electrons. The number of fused-ring (bicyclic) bond motifs is 1. The summed E-state index contributed by atoms with van der Waals surface area (Å²) in [5.41, 5.74) is 4.04. The fraction of sp³-hybridized carbons (Fsp3) is 0.100. The average Bonchev–Trinajstić information content (AvgIpc) is 3.08. The molecule has 25 heavy (non-hydrogen) atoms. The molecular weight excluding hydrogens is 337 g/mol. The van der Waals surface area contributed by atoms with E-state index in [2.05, 4.69) is 5.32 Å². The van der Waals surface area contributed by atoms with Crippen LogP contribution >= 0.6 is 11.3 Å². The Bertz CT molecular complexity index is 963. The zero-order valence-electron chi connectivity index (χ0n) is 13.5. The highest BCUT2D eigenvalue weighted by Gasteiger charge is 2.25. The molecule has 0 amide bonds. The van der Waals surface area contributed by atoms with Gasteiger partial charge in [0.05, 0.1) is 12.7 Å². The maximum Gasteiger partial charge on any atom is 0.165 e. The molecule has 3 nitrogen and oxygen atoms in total. The van der Waals surface area contributed by atoms with Crippen LogP contribution in [0.25, 0.3) is 22.5 Å². The van der Waals surface area contributed by atoms with Crippen molar-refractivity contribution in [3.05, 3.63) is 70.9 Å². The number of benzene rings is 2. The summed E-state index contributed by atoms with van der Waals surface area (Å²) >= 11 is 1.50. The Morgan fingerprint density at radius 3 is 2.64 bits per heavy atom. The van der Waals surface area contributed by atoms with Crippen LogP contribution in [0.2, 0.25) is 0 Å². The van der Waals surface area contributed by atoms with Gasteiger partial charge in [-0.15, -0.1) is 11.3 Å². The van der Waals surface area contributed by atoms with Gasteiger partial charge in [-0.25, -0.2) is 4.39 Å². The highest BCUT2D eigenvalue weighted by molar-refractivity contribution is 7.15. The molecule has 0 saturated heterocycles. The predicted octanol–water partition coefficient (Wildman–Crippen LogP) is 5.41. The third kappa shape index (κ3) is 2.66. The maximum atomic E-state index is 14.1. The Morgan fingerprint density at radius 2 is 1.92 bits per heavy atom. The first-order valence-electron chi connectivity index (χ1n) is 7.86. The number of anilines is 1. The molecule has 0 bridgehead atoms. The summed E-state index contributed by atoms with van der Waals surface area (Å²) in [5, 5.41) is 17.1. The molecule has 1 aromatic heterocycles. The molecule has 0 atom stereocenters. The third-order valence-corrected chi connectivity index (χ3v) is 5.26. The van der Waals surface area contributed by atoms with E-state index in [1.165, 1.54) is 24.5 Å². The first kappa shape index (κ1) is 15.7. The minimum Gasteiger partial charge on any atom is -0.507 e. The van der Waals surface area contributed by atoms with Gasteiger partial charge in [0.25, 0.3) is 0 Å². The second-order valence-electron chi connectivity index (χ2n) is 5.75. The smallest absolute Gasteiger partial charge is 0.165 e. The van der Waals surface area contributed by atoms with E-state index in [1.54, 1.807) is 12.1 Å². The van der Waals surface area contributed by atoms with Crippen LogP contribution < -0.4 is 10.1 Å². The monoisotopic (exact) mass is 353 g/mol. The number of hydrogen-bond donors (Lipinski definition) is 2.